The molecule has 1 aliphatic carbocycles. The quantitative estimate of drug-likeness (QED) is 0.295. The summed E-state index contributed by atoms with van der Waals surface area (Å²) in [5.41, 5.74) is 1.99. The molecule has 1 saturated carbocycles. The monoisotopic (exact) mass is 645 g/mol. The highest BCUT2D eigenvalue weighted by Crippen LogP contribution is 2.24. The van der Waals surface area contributed by atoms with Crippen LogP contribution in [0.15, 0.2) is 83.3 Å². The molecule has 3 aromatic rings. The van der Waals surface area contributed by atoms with E-state index in [4.69, 9.17) is 11.6 Å². The van der Waals surface area contributed by atoms with Gasteiger partial charge in [-0.3, -0.25) is 13.9 Å². The number of sulfonamides is 1. The Morgan fingerprint density at radius 1 is 0.975 bits per heavy atom. The molecular formula is C30H33BrClN3O4S. The van der Waals surface area contributed by atoms with Crippen LogP contribution in [0.2, 0.25) is 5.02 Å². The second kappa shape index (κ2) is 13.7. The van der Waals surface area contributed by atoms with Gasteiger partial charge in [-0.05, 0) is 54.3 Å². The van der Waals surface area contributed by atoms with Crippen molar-refractivity contribution in [2.75, 3.05) is 17.1 Å². The van der Waals surface area contributed by atoms with Crippen LogP contribution >= 0.6 is 27.5 Å². The summed E-state index contributed by atoms with van der Waals surface area (Å²) in [6, 6.07) is 22.6. The van der Waals surface area contributed by atoms with E-state index in [1.807, 2.05) is 54.6 Å². The predicted molar refractivity (Wildman–Crippen MR) is 163 cm³/mol. The highest BCUT2D eigenvalue weighted by molar-refractivity contribution is 9.10. The van der Waals surface area contributed by atoms with Crippen LogP contribution in [0, 0.1) is 0 Å². The molecule has 1 N–H and O–H groups in total. The predicted octanol–water partition coefficient (Wildman–Crippen LogP) is 5.57. The molecule has 0 aromatic heterocycles. The molecule has 0 aliphatic heterocycles. The van der Waals surface area contributed by atoms with Gasteiger partial charge in [0.05, 0.1) is 11.9 Å². The number of nitrogens with one attached hydrogen (secondary N) is 1. The molecule has 3 aromatic carbocycles. The Kier molecular flexibility index (Phi) is 10.3. The molecule has 4 rings (SSSR count). The van der Waals surface area contributed by atoms with Crippen LogP contribution in [0.3, 0.4) is 0 Å². The topological polar surface area (TPSA) is 86.8 Å². The average molecular weight is 647 g/mol. The maximum Gasteiger partial charge on any atom is 0.244 e. The summed E-state index contributed by atoms with van der Waals surface area (Å²) in [5.74, 6) is -0.736. The van der Waals surface area contributed by atoms with E-state index in [1.54, 1.807) is 18.2 Å². The smallest absolute Gasteiger partial charge is 0.244 e. The highest BCUT2D eigenvalue weighted by atomic mass is 79.9. The molecule has 0 bridgehead atoms. The molecule has 1 atom stereocenters. The number of anilines is 1. The van der Waals surface area contributed by atoms with Crippen LogP contribution in [0.25, 0.3) is 0 Å². The van der Waals surface area contributed by atoms with E-state index < -0.39 is 28.5 Å². The van der Waals surface area contributed by atoms with Gasteiger partial charge in [0.25, 0.3) is 0 Å². The SMILES string of the molecule is CS(=O)(=O)N(CC(=O)N(Cc1cccc(Br)c1)[C@H](Cc1ccccc1)C(=O)NC1CCCC1)c1cccc(Cl)c1. The fourth-order valence-electron chi connectivity index (χ4n) is 5.00. The fourth-order valence-corrected chi connectivity index (χ4v) is 6.47. The summed E-state index contributed by atoms with van der Waals surface area (Å²) in [4.78, 5) is 29.5. The minimum atomic E-state index is -3.85. The van der Waals surface area contributed by atoms with Crippen molar-refractivity contribution in [1.82, 2.24) is 10.2 Å². The van der Waals surface area contributed by atoms with Gasteiger partial charge in [0.2, 0.25) is 21.8 Å². The first-order chi connectivity index (χ1) is 19.1. The number of amides is 2. The van der Waals surface area contributed by atoms with Gasteiger partial charge in [0.1, 0.15) is 12.6 Å². The Labute approximate surface area is 249 Å². The summed E-state index contributed by atoms with van der Waals surface area (Å²) < 4.78 is 27.6. The summed E-state index contributed by atoms with van der Waals surface area (Å²) in [6.07, 6.45) is 5.25. The number of hydrogen-bond donors (Lipinski definition) is 1. The maximum atomic E-state index is 14.1. The molecule has 0 spiro atoms. The zero-order chi connectivity index (χ0) is 28.7. The standard InChI is InChI=1S/C30H33BrClN3O4S/c1-40(38,39)35(27-16-8-13-25(32)19-27)21-29(36)34(20-23-11-7-12-24(31)17-23)28(18-22-9-3-2-4-10-22)30(37)33-26-14-5-6-15-26/h2-4,7-13,16-17,19,26,28H,5-6,14-15,18,20-21H2,1H3,(H,33,37)/t28-/m1/s1. The largest absolute Gasteiger partial charge is 0.352 e. The third-order valence-electron chi connectivity index (χ3n) is 6.99. The van der Waals surface area contributed by atoms with Crippen LogP contribution in [0.4, 0.5) is 5.69 Å². The van der Waals surface area contributed by atoms with Gasteiger partial charge >= 0.3 is 0 Å². The van der Waals surface area contributed by atoms with Gasteiger partial charge < -0.3 is 10.2 Å². The Morgan fingerprint density at radius 2 is 1.65 bits per heavy atom. The first-order valence-corrected chi connectivity index (χ1v) is 16.2. The van der Waals surface area contributed by atoms with Crippen LogP contribution in [0.1, 0.15) is 36.8 Å². The van der Waals surface area contributed by atoms with E-state index in [-0.39, 0.29) is 30.6 Å². The lowest BCUT2D eigenvalue weighted by molar-refractivity contribution is -0.140. The van der Waals surface area contributed by atoms with Gasteiger partial charge in [-0.2, -0.15) is 0 Å². The second-order valence-corrected chi connectivity index (χ2v) is 13.4. The molecule has 212 valence electrons. The Hall–Kier alpha value is -2.88. The van der Waals surface area contributed by atoms with E-state index in [9.17, 15) is 18.0 Å². The summed E-state index contributed by atoms with van der Waals surface area (Å²) in [5, 5.41) is 3.51. The van der Waals surface area contributed by atoms with Crippen LogP contribution in [-0.2, 0) is 32.6 Å². The van der Waals surface area contributed by atoms with E-state index >= 15 is 0 Å². The van der Waals surface area contributed by atoms with Crippen LogP contribution < -0.4 is 9.62 Å². The fraction of sp³-hybridized carbons (Fsp3) is 0.333. The van der Waals surface area contributed by atoms with E-state index in [0.717, 1.165) is 51.8 Å². The van der Waals surface area contributed by atoms with Crippen molar-refractivity contribution in [2.24, 2.45) is 0 Å². The van der Waals surface area contributed by atoms with Gasteiger partial charge in [-0.25, -0.2) is 8.42 Å². The number of nitrogens with zero attached hydrogens (tertiary/aromatic N) is 2. The van der Waals surface area contributed by atoms with E-state index in [1.165, 1.54) is 11.0 Å². The normalized spacial score (nSPS) is 14.5. The number of hydrogen-bond acceptors (Lipinski definition) is 4. The number of benzene rings is 3. The molecule has 10 heteroatoms. The van der Waals surface area contributed by atoms with Gasteiger partial charge in [0, 0.05) is 28.5 Å². The van der Waals surface area contributed by atoms with Gasteiger partial charge in [-0.15, -0.1) is 0 Å². The molecule has 0 radical (unpaired) electrons. The molecule has 1 aliphatic rings. The van der Waals surface area contributed by atoms with Crippen molar-refractivity contribution >= 4 is 55.1 Å². The van der Waals surface area contributed by atoms with Gasteiger partial charge in [-0.1, -0.05) is 88.9 Å². The third kappa shape index (κ3) is 8.32. The Balaban J connectivity index is 1.72. The molecule has 7 nitrogen and oxygen atoms in total. The summed E-state index contributed by atoms with van der Waals surface area (Å²) in [6.45, 7) is -0.351. The zero-order valence-corrected chi connectivity index (χ0v) is 25.5. The molecule has 0 saturated heterocycles. The van der Waals surface area contributed by atoms with Crippen LogP contribution in [-0.4, -0.2) is 50.0 Å². The Bertz CT molecular complexity index is 1430. The molecule has 1 fully saturated rings. The lowest BCUT2D eigenvalue weighted by atomic mass is 10.0. The van der Waals surface area contributed by atoms with Crippen molar-refractivity contribution < 1.29 is 18.0 Å². The van der Waals surface area contributed by atoms with Crippen molar-refractivity contribution in [1.29, 1.82) is 0 Å². The second-order valence-electron chi connectivity index (χ2n) is 10.1. The minimum Gasteiger partial charge on any atom is -0.352 e. The lowest BCUT2D eigenvalue weighted by Gasteiger charge is -2.34. The Morgan fingerprint density at radius 3 is 2.30 bits per heavy atom. The molecule has 0 heterocycles. The average Bonchev–Trinajstić information content (AvgIpc) is 3.42. The molecule has 0 unspecified atom stereocenters. The van der Waals surface area contributed by atoms with Crippen molar-refractivity contribution in [2.45, 2.75) is 50.7 Å². The van der Waals surface area contributed by atoms with E-state index in [0.29, 0.717) is 5.02 Å². The number of rotatable bonds is 11. The highest BCUT2D eigenvalue weighted by Gasteiger charge is 2.34. The van der Waals surface area contributed by atoms with E-state index in [2.05, 4.69) is 21.2 Å². The maximum absolute atomic E-state index is 14.1. The number of carbonyl (C=O) groups excluding carboxylic acids is 2. The minimum absolute atomic E-state index is 0.0626. The lowest BCUT2D eigenvalue weighted by Crippen LogP contribution is -2.54. The van der Waals surface area contributed by atoms with Crippen LogP contribution in [0.5, 0.6) is 0 Å². The number of carbonyl (C=O) groups is 2. The zero-order valence-electron chi connectivity index (χ0n) is 22.3. The van der Waals surface area contributed by atoms with Crippen molar-refractivity contribution in [3.63, 3.8) is 0 Å². The first kappa shape index (κ1) is 30.1. The molecular weight excluding hydrogens is 614 g/mol. The summed E-state index contributed by atoms with van der Waals surface area (Å²) >= 11 is 9.64. The van der Waals surface area contributed by atoms with Gasteiger partial charge in [0.15, 0.2) is 0 Å². The third-order valence-corrected chi connectivity index (χ3v) is 8.86. The van der Waals surface area contributed by atoms with Crippen molar-refractivity contribution in [3.8, 4) is 0 Å². The molecule has 2 amide bonds. The molecule has 40 heavy (non-hydrogen) atoms. The summed E-state index contributed by atoms with van der Waals surface area (Å²) in [7, 11) is -3.85. The van der Waals surface area contributed by atoms with Crippen molar-refractivity contribution in [3.05, 3.63) is 99.5 Å². The first-order valence-electron chi connectivity index (χ1n) is 13.2. The number of halogens is 2.